The van der Waals surface area contributed by atoms with Crippen molar-refractivity contribution in [3.63, 3.8) is 0 Å². The number of aryl methyl sites for hydroxylation is 1. The minimum atomic E-state index is -0.696. The molecule has 0 fully saturated rings. The van der Waals surface area contributed by atoms with Crippen molar-refractivity contribution in [1.82, 2.24) is 9.38 Å². The molecule has 0 aliphatic rings. The molecule has 0 N–H and O–H groups in total. The zero-order valence-electron chi connectivity index (χ0n) is 13.7. The predicted octanol–water partition coefficient (Wildman–Crippen LogP) is 3.03. The van der Waals surface area contributed by atoms with Crippen LogP contribution in [0.2, 0.25) is 0 Å². The van der Waals surface area contributed by atoms with E-state index in [-0.39, 0.29) is 17.9 Å². The summed E-state index contributed by atoms with van der Waals surface area (Å²) in [5.74, 6) is -1.34. The molecule has 26 heavy (non-hydrogen) atoms. The lowest BCUT2D eigenvalue weighted by atomic mass is 10.3. The molecule has 0 aliphatic heterocycles. The molecular weight excluding hydrogens is 407 g/mol. The lowest BCUT2D eigenvalue weighted by Crippen LogP contribution is -2.19. The standard InChI is InChI=1S/C18H14BrFN2O4/c1-11-2-5-16-21-13(7-17(23)22(16)8-11)9-26-18(24)10-25-15-4-3-12(19)6-14(15)20/h2-8H,9-10H2,1H3. The van der Waals surface area contributed by atoms with E-state index in [0.29, 0.717) is 15.8 Å². The van der Waals surface area contributed by atoms with E-state index in [1.165, 1.54) is 22.6 Å². The Labute approximate surface area is 156 Å². The summed E-state index contributed by atoms with van der Waals surface area (Å²) in [6.07, 6.45) is 1.68. The number of rotatable bonds is 5. The molecule has 0 bridgehead atoms. The average Bonchev–Trinajstić information content (AvgIpc) is 2.60. The first-order chi connectivity index (χ1) is 12.4. The van der Waals surface area contributed by atoms with E-state index in [1.807, 2.05) is 13.0 Å². The third-order valence-electron chi connectivity index (χ3n) is 3.48. The van der Waals surface area contributed by atoms with Gasteiger partial charge in [0.05, 0.1) is 5.69 Å². The molecule has 0 atom stereocenters. The summed E-state index contributed by atoms with van der Waals surface area (Å²) in [6, 6.07) is 9.07. The van der Waals surface area contributed by atoms with Gasteiger partial charge in [-0.2, -0.15) is 0 Å². The SMILES string of the molecule is Cc1ccc2nc(COC(=O)COc3ccc(Br)cc3F)cc(=O)n2c1. The van der Waals surface area contributed by atoms with E-state index in [9.17, 15) is 14.0 Å². The normalized spacial score (nSPS) is 10.7. The van der Waals surface area contributed by atoms with Gasteiger partial charge in [-0.3, -0.25) is 9.20 Å². The Morgan fingerprint density at radius 3 is 2.85 bits per heavy atom. The van der Waals surface area contributed by atoms with Crippen LogP contribution in [-0.4, -0.2) is 22.0 Å². The lowest BCUT2D eigenvalue weighted by Gasteiger charge is -2.08. The Balaban J connectivity index is 1.61. The second-order valence-electron chi connectivity index (χ2n) is 5.54. The summed E-state index contributed by atoms with van der Waals surface area (Å²) < 4.78 is 25.7. The van der Waals surface area contributed by atoms with Gasteiger partial charge in [0.15, 0.2) is 18.2 Å². The third kappa shape index (κ3) is 4.26. The van der Waals surface area contributed by atoms with Crippen LogP contribution in [0.1, 0.15) is 11.3 Å². The Hall–Kier alpha value is -2.74. The summed E-state index contributed by atoms with van der Waals surface area (Å²) in [6.45, 7) is 1.24. The average molecular weight is 421 g/mol. The first-order valence-electron chi connectivity index (χ1n) is 7.65. The zero-order valence-corrected chi connectivity index (χ0v) is 15.3. The maximum Gasteiger partial charge on any atom is 0.344 e. The van der Waals surface area contributed by atoms with Crippen LogP contribution in [0, 0.1) is 12.7 Å². The van der Waals surface area contributed by atoms with Crippen molar-refractivity contribution in [3.8, 4) is 5.75 Å². The van der Waals surface area contributed by atoms with Gasteiger partial charge in [-0.15, -0.1) is 0 Å². The predicted molar refractivity (Wildman–Crippen MR) is 95.6 cm³/mol. The number of benzene rings is 1. The van der Waals surface area contributed by atoms with Crippen LogP contribution in [0.15, 0.2) is 51.9 Å². The monoisotopic (exact) mass is 420 g/mol. The van der Waals surface area contributed by atoms with Gasteiger partial charge in [0.25, 0.3) is 5.56 Å². The molecule has 0 aliphatic carbocycles. The van der Waals surface area contributed by atoms with Gasteiger partial charge >= 0.3 is 5.97 Å². The number of halogens is 2. The van der Waals surface area contributed by atoms with Gasteiger partial charge in [-0.25, -0.2) is 14.2 Å². The minimum absolute atomic E-state index is 0.0532. The summed E-state index contributed by atoms with van der Waals surface area (Å²) in [7, 11) is 0. The summed E-state index contributed by atoms with van der Waals surface area (Å²) in [5, 5.41) is 0. The molecule has 0 radical (unpaired) electrons. The molecule has 2 heterocycles. The fraction of sp³-hybridized carbons (Fsp3) is 0.167. The number of carbonyl (C=O) groups is 1. The van der Waals surface area contributed by atoms with Crippen LogP contribution in [0.4, 0.5) is 4.39 Å². The summed E-state index contributed by atoms with van der Waals surface area (Å²) >= 11 is 3.13. The highest BCUT2D eigenvalue weighted by molar-refractivity contribution is 9.10. The van der Waals surface area contributed by atoms with Gasteiger partial charge in [0.2, 0.25) is 0 Å². The molecule has 0 spiro atoms. The number of carbonyl (C=O) groups excluding carboxylic acids is 1. The molecule has 6 nitrogen and oxygen atoms in total. The first kappa shape index (κ1) is 18.1. The Kier molecular flexibility index (Phi) is 5.32. The second-order valence-corrected chi connectivity index (χ2v) is 6.46. The summed E-state index contributed by atoms with van der Waals surface area (Å²) in [5.41, 5.74) is 1.44. The van der Waals surface area contributed by atoms with E-state index in [1.54, 1.807) is 18.3 Å². The number of esters is 1. The molecule has 3 aromatic rings. The van der Waals surface area contributed by atoms with E-state index < -0.39 is 18.4 Å². The Morgan fingerprint density at radius 2 is 2.08 bits per heavy atom. The number of aromatic nitrogens is 2. The fourth-order valence-corrected chi connectivity index (χ4v) is 2.59. The first-order valence-corrected chi connectivity index (χ1v) is 8.44. The zero-order chi connectivity index (χ0) is 18.7. The molecule has 8 heteroatoms. The van der Waals surface area contributed by atoms with Gasteiger partial charge in [0, 0.05) is 16.7 Å². The van der Waals surface area contributed by atoms with Gasteiger partial charge in [-0.1, -0.05) is 22.0 Å². The molecule has 1 aromatic carbocycles. The van der Waals surface area contributed by atoms with Crippen LogP contribution in [0.3, 0.4) is 0 Å². The second kappa shape index (κ2) is 7.65. The molecule has 2 aromatic heterocycles. The van der Waals surface area contributed by atoms with Crippen LogP contribution in [-0.2, 0) is 16.1 Å². The van der Waals surface area contributed by atoms with Crippen LogP contribution in [0.5, 0.6) is 5.75 Å². The quantitative estimate of drug-likeness (QED) is 0.593. The van der Waals surface area contributed by atoms with Crippen LogP contribution < -0.4 is 10.3 Å². The van der Waals surface area contributed by atoms with E-state index in [0.717, 1.165) is 5.56 Å². The number of nitrogens with zero attached hydrogens (tertiary/aromatic N) is 2. The summed E-state index contributed by atoms with van der Waals surface area (Å²) in [4.78, 5) is 28.1. The highest BCUT2D eigenvalue weighted by Gasteiger charge is 2.10. The third-order valence-corrected chi connectivity index (χ3v) is 3.97. The smallest absolute Gasteiger partial charge is 0.344 e. The molecule has 0 saturated heterocycles. The number of ether oxygens (including phenoxy) is 2. The largest absolute Gasteiger partial charge is 0.479 e. The maximum atomic E-state index is 13.6. The maximum absolute atomic E-state index is 13.6. The number of pyridine rings is 1. The van der Waals surface area contributed by atoms with Gasteiger partial charge in [0.1, 0.15) is 12.3 Å². The van der Waals surface area contributed by atoms with Crippen molar-refractivity contribution in [2.45, 2.75) is 13.5 Å². The van der Waals surface area contributed by atoms with Crippen molar-refractivity contribution in [1.29, 1.82) is 0 Å². The number of hydrogen-bond donors (Lipinski definition) is 0. The number of hydrogen-bond acceptors (Lipinski definition) is 5. The Bertz CT molecular complexity index is 1040. The fourth-order valence-electron chi connectivity index (χ4n) is 2.26. The Morgan fingerprint density at radius 1 is 1.27 bits per heavy atom. The lowest BCUT2D eigenvalue weighted by molar-refractivity contribution is -0.147. The van der Waals surface area contributed by atoms with Crippen molar-refractivity contribution >= 4 is 27.5 Å². The molecule has 134 valence electrons. The van der Waals surface area contributed by atoms with Crippen molar-refractivity contribution in [2.24, 2.45) is 0 Å². The van der Waals surface area contributed by atoms with Crippen molar-refractivity contribution in [2.75, 3.05) is 6.61 Å². The number of fused-ring (bicyclic) bond motifs is 1. The van der Waals surface area contributed by atoms with Crippen molar-refractivity contribution < 1.29 is 18.7 Å². The van der Waals surface area contributed by atoms with Gasteiger partial charge < -0.3 is 9.47 Å². The van der Waals surface area contributed by atoms with E-state index in [2.05, 4.69) is 20.9 Å². The minimum Gasteiger partial charge on any atom is -0.479 e. The van der Waals surface area contributed by atoms with Crippen LogP contribution >= 0.6 is 15.9 Å². The molecule has 3 rings (SSSR count). The molecule has 0 amide bonds. The van der Waals surface area contributed by atoms with Crippen LogP contribution in [0.25, 0.3) is 5.65 Å². The topological polar surface area (TPSA) is 69.9 Å². The van der Waals surface area contributed by atoms with Crippen molar-refractivity contribution in [3.05, 3.63) is 74.5 Å². The highest BCUT2D eigenvalue weighted by atomic mass is 79.9. The molecule has 0 unspecified atom stereocenters. The van der Waals surface area contributed by atoms with E-state index >= 15 is 0 Å². The van der Waals surface area contributed by atoms with E-state index in [4.69, 9.17) is 9.47 Å². The highest BCUT2D eigenvalue weighted by Crippen LogP contribution is 2.21. The van der Waals surface area contributed by atoms with Gasteiger partial charge in [-0.05, 0) is 36.8 Å². The molecular formula is C18H14BrFN2O4. The molecule has 0 saturated carbocycles.